The number of benzene rings is 3. The number of anilines is 2. The van der Waals surface area contributed by atoms with Gasteiger partial charge >= 0.3 is 0 Å². The molecule has 0 aliphatic carbocycles. The van der Waals surface area contributed by atoms with Crippen LogP contribution in [0.3, 0.4) is 0 Å². The number of hydroxylamine groups is 1. The largest absolute Gasteiger partial charge is 0.494 e. The van der Waals surface area contributed by atoms with Crippen molar-refractivity contribution in [2.45, 2.75) is 26.0 Å². The first-order chi connectivity index (χ1) is 15.6. The summed E-state index contributed by atoms with van der Waals surface area (Å²) < 4.78 is 5.57. The van der Waals surface area contributed by atoms with E-state index in [-0.39, 0.29) is 11.8 Å². The first-order valence-electron chi connectivity index (χ1n) is 10.8. The van der Waals surface area contributed by atoms with Gasteiger partial charge in [0, 0.05) is 0 Å². The maximum absolute atomic E-state index is 13.6. The molecule has 0 unspecified atom stereocenters. The van der Waals surface area contributed by atoms with Crippen molar-refractivity contribution in [3.05, 3.63) is 90.0 Å². The van der Waals surface area contributed by atoms with Crippen LogP contribution < -0.4 is 14.7 Å². The van der Waals surface area contributed by atoms with Crippen LogP contribution in [0.15, 0.2) is 78.9 Å². The summed E-state index contributed by atoms with van der Waals surface area (Å²) in [5.74, 6) is -0.477. The molecule has 6 nitrogen and oxygen atoms in total. The molecule has 0 N–H and O–H groups in total. The number of carbonyl (C=O) groups excluding carboxylic acids is 2. The van der Waals surface area contributed by atoms with Crippen LogP contribution in [0, 0.1) is 12.8 Å². The summed E-state index contributed by atoms with van der Waals surface area (Å²) in [5, 5.41) is 1.70. The molecule has 2 aliphatic rings. The molecule has 0 saturated carbocycles. The van der Waals surface area contributed by atoms with Crippen molar-refractivity contribution < 1.29 is 19.2 Å². The third-order valence-electron chi connectivity index (χ3n) is 5.95. The van der Waals surface area contributed by atoms with Crippen molar-refractivity contribution in [2.75, 3.05) is 16.6 Å². The number of carbonyl (C=O) groups is 2. The summed E-state index contributed by atoms with van der Waals surface area (Å²) in [7, 11) is 0. The summed E-state index contributed by atoms with van der Waals surface area (Å²) in [6.45, 7) is 4.48. The number of aryl methyl sites for hydroxylation is 1. The van der Waals surface area contributed by atoms with Gasteiger partial charge < -0.3 is 4.74 Å². The third-order valence-corrected chi connectivity index (χ3v) is 5.95. The molecule has 3 aromatic rings. The molecule has 2 saturated heterocycles. The molecule has 0 spiro atoms. The molecule has 3 atom stereocenters. The maximum Gasteiger partial charge on any atom is 0.266 e. The van der Waals surface area contributed by atoms with Gasteiger partial charge in [0.25, 0.3) is 5.91 Å². The monoisotopic (exact) mass is 428 g/mol. The van der Waals surface area contributed by atoms with Crippen LogP contribution in [0.25, 0.3) is 0 Å². The number of para-hydroxylation sites is 1. The molecule has 2 heterocycles. The van der Waals surface area contributed by atoms with Gasteiger partial charge in [0.1, 0.15) is 11.7 Å². The number of hydrogen-bond donors (Lipinski definition) is 0. The molecular formula is C26H24N2O4. The van der Waals surface area contributed by atoms with Crippen molar-refractivity contribution in [1.82, 2.24) is 0 Å². The molecule has 0 bridgehead atoms. The van der Waals surface area contributed by atoms with E-state index in [0.717, 1.165) is 22.6 Å². The Morgan fingerprint density at radius 3 is 2.19 bits per heavy atom. The number of hydrogen-bond acceptors (Lipinski definition) is 5. The fraction of sp³-hybridized carbons (Fsp3) is 0.231. The second kappa shape index (κ2) is 8.13. The van der Waals surface area contributed by atoms with Crippen molar-refractivity contribution in [3.63, 3.8) is 0 Å². The minimum absolute atomic E-state index is 0.249. The third kappa shape index (κ3) is 3.33. The summed E-state index contributed by atoms with van der Waals surface area (Å²) in [6.07, 6.45) is -0.874. The predicted octanol–water partition coefficient (Wildman–Crippen LogP) is 4.44. The highest BCUT2D eigenvalue weighted by Crippen LogP contribution is 2.47. The first kappa shape index (κ1) is 20.3. The lowest BCUT2D eigenvalue weighted by Crippen LogP contribution is -2.37. The van der Waals surface area contributed by atoms with Gasteiger partial charge in [-0.15, -0.1) is 0 Å². The van der Waals surface area contributed by atoms with Gasteiger partial charge in [0.05, 0.1) is 24.0 Å². The van der Waals surface area contributed by atoms with E-state index in [1.165, 1.54) is 4.90 Å². The average Bonchev–Trinajstić information content (AvgIpc) is 3.32. The van der Waals surface area contributed by atoms with Crippen LogP contribution in [-0.2, 0) is 14.4 Å². The molecule has 0 radical (unpaired) electrons. The Labute approximate surface area is 186 Å². The van der Waals surface area contributed by atoms with Gasteiger partial charge in [-0.1, -0.05) is 48.0 Å². The highest BCUT2D eigenvalue weighted by atomic mass is 16.7. The van der Waals surface area contributed by atoms with E-state index in [2.05, 4.69) is 0 Å². The number of nitrogens with zero attached hydrogens (tertiary/aromatic N) is 2. The summed E-state index contributed by atoms with van der Waals surface area (Å²) in [5.41, 5.74) is 3.31. The molecular weight excluding hydrogens is 404 g/mol. The van der Waals surface area contributed by atoms with Crippen molar-refractivity contribution in [3.8, 4) is 5.75 Å². The lowest BCUT2D eigenvalue weighted by Gasteiger charge is -2.28. The number of amides is 2. The van der Waals surface area contributed by atoms with Crippen LogP contribution in [-0.4, -0.2) is 24.5 Å². The Balaban J connectivity index is 1.55. The van der Waals surface area contributed by atoms with Crippen LogP contribution in [0.4, 0.5) is 11.4 Å². The van der Waals surface area contributed by atoms with E-state index in [4.69, 9.17) is 9.57 Å². The van der Waals surface area contributed by atoms with Gasteiger partial charge in [-0.2, -0.15) is 0 Å². The van der Waals surface area contributed by atoms with Crippen LogP contribution in [0.1, 0.15) is 24.1 Å². The molecule has 2 aliphatic heterocycles. The Morgan fingerprint density at radius 1 is 0.844 bits per heavy atom. The lowest BCUT2D eigenvalue weighted by molar-refractivity contribution is -0.126. The number of rotatable bonds is 5. The molecule has 2 fully saturated rings. The van der Waals surface area contributed by atoms with E-state index < -0.39 is 18.1 Å². The van der Waals surface area contributed by atoms with E-state index in [1.54, 1.807) is 17.2 Å². The Bertz CT molecular complexity index is 1130. The highest BCUT2D eigenvalue weighted by molar-refractivity contribution is 6.23. The van der Waals surface area contributed by atoms with Crippen LogP contribution in [0.5, 0.6) is 5.75 Å². The normalized spacial score (nSPS) is 22.4. The average molecular weight is 428 g/mol. The maximum atomic E-state index is 13.6. The number of ether oxygens (including phenoxy) is 1. The van der Waals surface area contributed by atoms with Crippen molar-refractivity contribution in [2.24, 2.45) is 5.92 Å². The van der Waals surface area contributed by atoms with E-state index in [1.807, 2.05) is 80.6 Å². The fourth-order valence-electron chi connectivity index (χ4n) is 4.43. The molecule has 6 heteroatoms. The SMILES string of the molecule is CCOc1ccc([C@@H]2[C@@H]3C(=O)N(c4ccc(C)cc4)C(=O)[C@H]3ON2c2ccccc2)cc1. The van der Waals surface area contributed by atoms with E-state index >= 15 is 0 Å². The number of imide groups is 1. The fourth-order valence-corrected chi connectivity index (χ4v) is 4.43. The minimum Gasteiger partial charge on any atom is -0.494 e. The second-order valence-corrected chi connectivity index (χ2v) is 8.01. The highest BCUT2D eigenvalue weighted by Gasteiger charge is 2.60. The van der Waals surface area contributed by atoms with Gasteiger partial charge in [0.15, 0.2) is 6.10 Å². The summed E-state index contributed by atoms with van der Waals surface area (Å²) >= 11 is 0. The zero-order valence-corrected chi connectivity index (χ0v) is 18.0. The standard InChI is InChI=1S/C26H24N2O4/c1-3-31-21-15-11-18(12-16-21)23-22-24(32-28(23)20-7-5-4-6-8-20)26(30)27(25(22)29)19-13-9-17(2)10-14-19/h4-16,22-24H,3H2,1-2H3/t22-,23+,24-/m0/s1. The van der Waals surface area contributed by atoms with Crippen LogP contribution in [0.2, 0.25) is 0 Å². The first-order valence-corrected chi connectivity index (χ1v) is 10.8. The molecule has 32 heavy (non-hydrogen) atoms. The molecule has 2 amide bonds. The minimum atomic E-state index is -0.874. The summed E-state index contributed by atoms with van der Waals surface area (Å²) in [6, 6.07) is 24.1. The molecule has 5 rings (SSSR count). The molecule has 162 valence electrons. The Morgan fingerprint density at radius 2 is 1.53 bits per heavy atom. The second-order valence-electron chi connectivity index (χ2n) is 8.01. The summed E-state index contributed by atoms with van der Waals surface area (Å²) in [4.78, 5) is 34.3. The van der Waals surface area contributed by atoms with Crippen molar-refractivity contribution >= 4 is 23.2 Å². The van der Waals surface area contributed by atoms with E-state index in [9.17, 15) is 9.59 Å². The quantitative estimate of drug-likeness (QED) is 0.562. The van der Waals surface area contributed by atoms with Gasteiger partial charge in [-0.25, -0.2) is 9.96 Å². The topological polar surface area (TPSA) is 59.1 Å². The zero-order valence-electron chi connectivity index (χ0n) is 18.0. The molecule has 3 aromatic carbocycles. The van der Waals surface area contributed by atoms with Crippen molar-refractivity contribution in [1.29, 1.82) is 0 Å². The van der Waals surface area contributed by atoms with E-state index in [0.29, 0.717) is 12.3 Å². The predicted molar refractivity (Wildman–Crippen MR) is 121 cm³/mol. The number of fused-ring (bicyclic) bond motifs is 1. The van der Waals surface area contributed by atoms with Crippen LogP contribution >= 0.6 is 0 Å². The lowest BCUT2D eigenvalue weighted by atomic mass is 9.90. The Kier molecular flexibility index (Phi) is 5.15. The Hall–Kier alpha value is -3.64. The van der Waals surface area contributed by atoms with Gasteiger partial charge in [0.2, 0.25) is 5.91 Å². The van der Waals surface area contributed by atoms with Gasteiger partial charge in [-0.05, 0) is 55.8 Å². The van der Waals surface area contributed by atoms with Gasteiger partial charge in [-0.3, -0.25) is 14.4 Å². The molecule has 0 aromatic heterocycles. The zero-order chi connectivity index (χ0) is 22.2. The smallest absolute Gasteiger partial charge is 0.266 e.